The fraction of sp³-hybridized carbons (Fsp3) is 0.520. The molecule has 0 radical (unpaired) electrons. The standard InChI is InChI=1S/C25H35NO5/c1-18(19-10-12-21(13-11-19)20-8-4-2-5-9-20)31-15-7-3-6-14-26-16-23(28)25(30)24(29)22(26)17-27/h2,4-5,8-13,18,22-25,27-30H,3,6-7,14-17H2,1H3/t18-,22-,23?,24+,25+/m0/s1. The van der Waals surface area contributed by atoms with Crippen LogP contribution in [0.15, 0.2) is 54.6 Å². The van der Waals surface area contributed by atoms with Gasteiger partial charge in [0.2, 0.25) is 0 Å². The second-order valence-electron chi connectivity index (χ2n) is 8.36. The first-order valence-electron chi connectivity index (χ1n) is 11.2. The van der Waals surface area contributed by atoms with Crippen LogP contribution in [0.25, 0.3) is 11.1 Å². The molecule has 5 atom stereocenters. The maximum atomic E-state index is 10.0. The number of ether oxygens (including phenoxy) is 1. The molecule has 0 saturated carbocycles. The molecule has 2 aromatic rings. The molecular formula is C25H35NO5. The predicted molar refractivity (Wildman–Crippen MR) is 121 cm³/mol. The van der Waals surface area contributed by atoms with Crippen LogP contribution in [0.5, 0.6) is 0 Å². The van der Waals surface area contributed by atoms with Crippen molar-refractivity contribution in [3.63, 3.8) is 0 Å². The van der Waals surface area contributed by atoms with Crippen molar-refractivity contribution in [3.8, 4) is 11.1 Å². The van der Waals surface area contributed by atoms with E-state index in [2.05, 4.69) is 43.3 Å². The second-order valence-corrected chi connectivity index (χ2v) is 8.36. The molecule has 0 aromatic heterocycles. The topological polar surface area (TPSA) is 93.4 Å². The molecule has 6 nitrogen and oxygen atoms in total. The van der Waals surface area contributed by atoms with E-state index in [1.54, 1.807) is 0 Å². The molecule has 1 heterocycles. The van der Waals surface area contributed by atoms with Gasteiger partial charge in [-0.2, -0.15) is 0 Å². The summed E-state index contributed by atoms with van der Waals surface area (Å²) in [6.07, 6.45) is -0.569. The zero-order valence-electron chi connectivity index (χ0n) is 18.2. The number of unbranched alkanes of at least 4 members (excludes halogenated alkanes) is 2. The van der Waals surface area contributed by atoms with Crippen molar-refractivity contribution in [2.45, 2.75) is 56.6 Å². The van der Waals surface area contributed by atoms with Gasteiger partial charge in [-0.25, -0.2) is 0 Å². The quantitative estimate of drug-likeness (QED) is 0.433. The monoisotopic (exact) mass is 429 g/mol. The smallest absolute Gasteiger partial charge is 0.109 e. The summed E-state index contributed by atoms with van der Waals surface area (Å²) in [4.78, 5) is 1.86. The van der Waals surface area contributed by atoms with Crippen molar-refractivity contribution < 1.29 is 25.2 Å². The van der Waals surface area contributed by atoms with Crippen LogP contribution < -0.4 is 0 Å². The van der Waals surface area contributed by atoms with Gasteiger partial charge in [0.15, 0.2) is 0 Å². The van der Waals surface area contributed by atoms with E-state index in [0.29, 0.717) is 13.2 Å². The number of aliphatic hydroxyl groups is 4. The Kier molecular flexibility index (Phi) is 9.02. The average Bonchev–Trinajstić information content (AvgIpc) is 2.80. The van der Waals surface area contributed by atoms with Gasteiger partial charge in [-0.1, -0.05) is 54.6 Å². The Bertz CT molecular complexity index is 769. The molecule has 1 saturated heterocycles. The van der Waals surface area contributed by atoms with Crippen molar-refractivity contribution in [1.29, 1.82) is 0 Å². The van der Waals surface area contributed by atoms with E-state index < -0.39 is 24.4 Å². The summed E-state index contributed by atoms with van der Waals surface area (Å²) in [5.41, 5.74) is 3.55. The third kappa shape index (κ3) is 6.35. The zero-order valence-corrected chi connectivity index (χ0v) is 18.2. The van der Waals surface area contributed by atoms with Crippen molar-refractivity contribution in [2.24, 2.45) is 0 Å². The molecular weight excluding hydrogens is 394 g/mol. The van der Waals surface area contributed by atoms with Gasteiger partial charge < -0.3 is 25.2 Å². The molecule has 0 amide bonds. The van der Waals surface area contributed by atoms with Crippen molar-refractivity contribution in [3.05, 3.63) is 60.2 Å². The Morgan fingerprint density at radius 2 is 1.58 bits per heavy atom. The number of benzene rings is 2. The number of nitrogens with zero attached hydrogens (tertiary/aromatic N) is 1. The summed E-state index contributed by atoms with van der Waals surface area (Å²) in [5.74, 6) is 0. The summed E-state index contributed by atoms with van der Waals surface area (Å²) in [7, 11) is 0. The number of rotatable bonds is 10. The molecule has 1 aliphatic heterocycles. The van der Waals surface area contributed by atoms with Crippen LogP contribution in [0, 0.1) is 0 Å². The number of likely N-dealkylation sites (tertiary alicyclic amines) is 1. The molecule has 1 fully saturated rings. The lowest BCUT2D eigenvalue weighted by molar-refractivity contribution is -0.145. The molecule has 1 unspecified atom stereocenters. The highest BCUT2D eigenvalue weighted by Gasteiger charge is 2.40. The van der Waals surface area contributed by atoms with Gasteiger partial charge in [0.25, 0.3) is 0 Å². The maximum Gasteiger partial charge on any atom is 0.109 e. The lowest BCUT2D eigenvalue weighted by Crippen LogP contribution is -2.62. The maximum absolute atomic E-state index is 10.0. The number of β-amino-alcohol motifs (C(OH)–C–C–N with tert-alkyl or cyclic N) is 1. The third-order valence-corrected chi connectivity index (χ3v) is 6.16. The molecule has 6 heteroatoms. The number of aliphatic hydroxyl groups excluding tert-OH is 4. The van der Waals surface area contributed by atoms with Gasteiger partial charge in [0, 0.05) is 13.2 Å². The molecule has 1 aliphatic rings. The first-order chi connectivity index (χ1) is 15.0. The Morgan fingerprint density at radius 3 is 2.26 bits per heavy atom. The molecule has 3 rings (SSSR count). The van der Waals surface area contributed by atoms with Crippen LogP contribution in [0.4, 0.5) is 0 Å². The van der Waals surface area contributed by atoms with E-state index >= 15 is 0 Å². The van der Waals surface area contributed by atoms with E-state index in [4.69, 9.17) is 4.74 Å². The van der Waals surface area contributed by atoms with Crippen LogP contribution in [-0.2, 0) is 4.74 Å². The first kappa shape index (κ1) is 23.9. The summed E-state index contributed by atoms with van der Waals surface area (Å²) in [6, 6.07) is 18.2. The van der Waals surface area contributed by atoms with Crippen LogP contribution in [0.2, 0.25) is 0 Å². The van der Waals surface area contributed by atoms with Gasteiger partial charge in [-0.15, -0.1) is 0 Å². The predicted octanol–water partition coefficient (Wildman–Crippen LogP) is 2.36. The lowest BCUT2D eigenvalue weighted by atomic mass is 9.94. The van der Waals surface area contributed by atoms with Crippen LogP contribution in [0.3, 0.4) is 0 Å². The van der Waals surface area contributed by atoms with E-state index in [9.17, 15) is 20.4 Å². The zero-order chi connectivity index (χ0) is 22.2. The average molecular weight is 430 g/mol. The minimum absolute atomic E-state index is 0.0254. The van der Waals surface area contributed by atoms with Crippen molar-refractivity contribution in [1.82, 2.24) is 4.90 Å². The van der Waals surface area contributed by atoms with E-state index in [1.165, 1.54) is 11.1 Å². The summed E-state index contributed by atoms with van der Waals surface area (Å²) >= 11 is 0. The third-order valence-electron chi connectivity index (χ3n) is 6.16. The first-order valence-corrected chi connectivity index (χ1v) is 11.2. The van der Waals surface area contributed by atoms with Crippen LogP contribution in [0.1, 0.15) is 37.9 Å². The number of hydrogen-bond donors (Lipinski definition) is 4. The minimum atomic E-state index is -1.20. The van der Waals surface area contributed by atoms with Gasteiger partial charge in [-0.05, 0) is 49.4 Å². The van der Waals surface area contributed by atoms with Gasteiger partial charge in [0.05, 0.1) is 24.9 Å². The Hall–Kier alpha value is -1.80. The Labute approximate surface area is 184 Å². The normalized spacial score (nSPS) is 25.5. The summed E-state index contributed by atoms with van der Waals surface area (Å²) in [6.45, 7) is 3.40. The van der Waals surface area contributed by atoms with E-state index in [-0.39, 0.29) is 19.3 Å². The molecule has 2 aromatic carbocycles. The molecule has 31 heavy (non-hydrogen) atoms. The molecule has 170 valence electrons. The highest BCUT2D eigenvalue weighted by atomic mass is 16.5. The van der Waals surface area contributed by atoms with Gasteiger partial charge in [-0.3, -0.25) is 4.90 Å². The van der Waals surface area contributed by atoms with Gasteiger partial charge >= 0.3 is 0 Å². The van der Waals surface area contributed by atoms with E-state index in [0.717, 1.165) is 24.8 Å². The SMILES string of the molecule is C[C@H](OCCCCCN1CC(O)[C@@H](O)[C@H](O)[C@@H]1CO)c1ccc(-c2ccccc2)cc1. The van der Waals surface area contributed by atoms with Crippen molar-refractivity contribution in [2.75, 3.05) is 26.3 Å². The van der Waals surface area contributed by atoms with Gasteiger partial charge in [0.1, 0.15) is 12.2 Å². The molecule has 4 N–H and O–H groups in total. The number of hydrogen-bond acceptors (Lipinski definition) is 6. The highest BCUT2D eigenvalue weighted by Crippen LogP contribution is 2.24. The second kappa shape index (κ2) is 11.7. The Balaban J connectivity index is 1.36. The van der Waals surface area contributed by atoms with Crippen molar-refractivity contribution >= 4 is 0 Å². The lowest BCUT2D eigenvalue weighted by Gasteiger charge is -2.43. The molecule has 0 aliphatic carbocycles. The van der Waals surface area contributed by atoms with Crippen LogP contribution >= 0.6 is 0 Å². The van der Waals surface area contributed by atoms with E-state index in [1.807, 2.05) is 23.1 Å². The summed E-state index contributed by atoms with van der Waals surface area (Å²) in [5, 5.41) is 39.2. The van der Waals surface area contributed by atoms with Crippen LogP contribution in [-0.4, -0.2) is 76.0 Å². The largest absolute Gasteiger partial charge is 0.395 e. The number of piperidine rings is 1. The summed E-state index contributed by atoms with van der Waals surface area (Å²) < 4.78 is 5.99. The Morgan fingerprint density at radius 1 is 0.903 bits per heavy atom. The fourth-order valence-electron chi connectivity index (χ4n) is 4.16. The minimum Gasteiger partial charge on any atom is -0.395 e. The molecule has 0 bridgehead atoms. The fourth-order valence-corrected chi connectivity index (χ4v) is 4.16. The highest BCUT2D eigenvalue weighted by molar-refractivity contribution is 5.63. The molecule has 0 spiro atoms.